The van der Waals surface area contributed by atoms with Crippen molar-refractivity contribution in [3.8, 4) is 17.6 Å². The van der Waals surface area contributed by atoms with E-state index < -0.39 is 30.0 Å². The number of fused-ring (bicyclic) bond motifs is 1. The fourth-order valence-electron chi connectivity index (χ4n) is 3.64. The Kier molecular flexibility index (Phi) is 5.24. The lowest BCUT2D eigenvalue weighted by Gasteiger charge is -2.22. The second kappa shape index (κ2) is 8.04. The van der Waals surface area contributed by atoms with Crippen LogP contribution in [0.2, 0.25) is 0 Å². The highest BCUT2D eigenvalue weighted by atomic mass is 16.6. The summed E-state index contributed by atoms with van der Waals surface area (Å²) in [6.45, 7) is 1.03. The van der Waals surface area contributed by atoms with E-state index in [0.29, 0.717) is 11.1 Å². The highest BCUT2D eigenvalue weighted by Crippen LogP contribution is 2.32. The largest absolute Gasteiger partial charge is 0.493 e. The number of methoxy groups -OCH3 is 1. The average molecular weight is 429 g/mol. The van der Waals surface area contributed by atoms with Crippen LogP contribution in [0.4, 0.5) is 4.79 Å². The lowest BCUT2D eigenvalue weighted by Crippen LogP contribution is -2.42. The van der Waals surface area contributed by atoms with Gasteiger partial charge in [-0.3, -0.25) is 9.69 Å². The van der Waals surface area contributed by atoms with E-state index in [1.165, 1.54) is 25.3 Å². The molecule has 160 valence electrons. The number of nitrogens with zero attached hydrogens (tertiary/aromatic N) is 2. The molecule has 0 radical (unpaired) electrons. The SMILES string of the molecule is COc1cc(C#N)ccc1OC(=O)CN1C(=O)NC(C)(c2ccc3ccccc3c2)C1=O. The molecule has 1 aliphatic heterocycles. The Balaban J connectivity index is 1.54. The van der Waals surface area contributed by atoms with Crippen LogP contribution in [0.3, 0.4) is 0 Å². The molecule has 1 heterocycles. The van der Waals surface area contributed by atoms with Crippen molar-refractivity contribution in [2.24, 2.45) is 0 Å². The van der Waals surface area contributed by atoms with Gasteiger partial charge >= 0.3 is 12.0 Å². The molecule has 3 aromatic carbocycles. The minimum absolute atomic E-state index is 0.0841. The molecule has 1 saturated heterocycles. The Morgan fingerprint density at radius 3 is 2.53 bits per heavy atom. The number of amides is 3. The summed E-state index contributed by atoms with van der Waals surface area (Å²) >= 11 is 0. The zero-order valence-electron chi connectivity index (χ0n) is 17.4. The van der Waals surface area contributed by atoms with E-state index in [2.05, 4.69) is 5.32 Å². The van der Waals surface area contributed by atoms with Gasteiger partial charge in [0.05, 0.1) is 18.7 Å². The van der Waals surface area contributed by atoms with Crippen LogP contribution in [0.25, 0.3) is 10.8 Å². The molecular formula is C24H19N3O5. The second-order valence-electron chi connectivity index (χ2n) is 7.46. The maximum absolute atomic E-state index is 13.1. The minimum atomic E-state index is -1.31. The molecule has 0 spiro atoms. The normalized spacial score (nSPS) is 17.7. The lowest BCUT2D eigenvalue weighted by molar-refractivity contribution is -0.141. The van der Waals surface area contributed by atoms with E-state index in [1.807, 2.05) is 42.5 Å². The highest BCUT2D eigenvalue weighted by Gasteiger charge is 2.49. The molecule has 1 N–H and O–H groups in total. The maximum Gasteiger partial charge on any atom is 0.331 e. The van der Waals surface area contributed by atoms with Crippen molar-refractivity contribution in [3.05, 3.63) is 71.8 Å². The predicted octanol–water partition coefficient (Wildman–Crippen LogP) is 3.09. The van der Waals surface area contributed by atoms with Gasteiger partial charge in [0.15, 0.2) is 11.5 Å². The molecule has 0 bridgehead atoms. The molecule has 3 amide bonds. The van der Waals surface area contributed by atoms with Crippen LogP contribution < -0.4 is 14.8 Å². The number of nitrogens with one attached hydrogen (secondary N) is 1. The number of imide groups is 1. The van der Waals surface area contributed by atoms with Gasteiger partial charge in [0.1, 0.15) is 12.1 Å². The Bertz CT molecular complexity index is 1300. The molecule has 8 heteroatoms. The van der Waals surface area contributed by atoms with Crippen LogP contribution >= 0.6 is 0 Å². The van der Waals surface area contributed by atoms with Crippen molar-refractivity contribution >= 4 is 28.7 Å². The molecule has 1 unspecified atom stereocenters. The third-order valence-electron chi connectivity index (χ3n) is 5.41. The topological polar surface area (TPSA) is 109 Å². The number of carbonyl (C=O) groups excluding carboxylic acids is 3. The number of esters is 1. The van der Waals surface area contributed by atoms with Gasteiger partial charge in [0.2, 0.25) is 0 Å². The van der Waals surface area contributed by atoms with Gasteiger partial charge in [0, 0.05) is 6.07 Å². The van der Waals surface area contributed by atoms with Crippen molar-refractivity contribution in [1.29, 1.82) is 5.26 Å². The van der Waals surface area contributed by atoms with E-state index >= 15 is 0 Å². The third-order valence-corrected chi connectivity index (χ3v) is 5.41. The minimum Gasteiger partial charge on any atom is -0.493 e. The number of benzene rings is 3. The monoisotopic (exact) mass is 429 g/mol. The van der Waals surface area contributed by atoms with Gasteiger partial charge in [-0.05, 0) is 41.5 Å². The van der Waals surface area contributed by atoms with Crippen molar-refractivity contribution in [3.63, 3.8) is 0 Å². The van der Waals surface area contributed by atoms with E-state index in [0.717, 1.165) is 15.7 Å². The summed E-state index contributed by atoms with van der Waals surface area (Å²) in [5, 5.41) is 13.6. The average Bonchev–Trinajstić information content (AvgIpc) is 3.02. The lowest BCUT2D eigenvalue weighted by atomic mass is 9.90. The smallest absolute Gasteiger partial charge is 0.331 e. The molecule has 4 rings (SSSR count). The second-order valence-corrected chi connectivity index (χ2v) is 7.46. The fraction of sp³-hybridized carbons (Fsp3) is 0.167. The van der Waals surface area contributed by atoms with Crippen LogP contribution in [-0.2, 0) is 15.1 Å². The van der Waals surface area contributed by atoms with Gasteiger partial charge < -0.3 is 14.8 Å². The van der Waals surface area contributed by atoms with Crippen LogP contribution in [0, 0.1) is 11.3 Å². The number of carbonyl (C=O) groups is 3. The Hall–Kier alpha value is -4.38. The Morgan fingerprint density at radius 1 is 1.06 bits per heavy atom. The fourth-order valence-corrected chi connectivity index (χ4v) is 3.64. The Morgan fingerprint density at radius 2 is 1.81 bits per heavy atom. The first kappa shape index (κ1) is 20.9. The third kappa shape index (κ3) is 3.61. The molecule has 8 nitrogen and oxygen atoms in total. The van der Waals surface area contributed by atoms with Crippen LogP contribution in [0.1, 0.15) is 18.1 Å². The summed E-state index contributed by atoms with van der Waals surface area (Å²) in [5.74, 6) is -1.10. The van der Waals surface area contributed by atoms with Crippen LogP contribution in [0.15, 0.2) is 60.7 Å². The number of hydrogen-bond acceptors (Lipinski definition) is 6. The van der Waals surface area contributed by atoms with Crippen molar-refractivity contribution < 1.29 is 23.9 Å². The maximum atomic E-state index is 13.1. The summed E-state index contributed by atoms with van der Waals surface area (Å²) in [4.78, 5) is 39.0. The van der Waals surface area contributed by atoms with E-state index in [1.54, 1.807) is 13.0 Å². The molecule has 0 aromatic heterocycles. The number of rotatable bonds is 5. The van der Waals surface area contributed by atoms with Crippen molar-refractivity contribution in [2.75, 3.05) is 13.7 Å². The molecule has 32 heavy (non-hydrogen) atoms. The summed E-state index contributed by atoms with van der Waals surface area (Å²) in [5.41, 5.74) is -0.367. The van der Waals surface area contributed by atoms with Gasteiger partial charge in [-0.1, -0.05) is 36.4 Å². The van der Waals surface area contributed by atoms with Gasteiger partial charge in [-0.25, -0.2) is 9.59 Å². The Labute approximate surface area is 183 Å². The first-order valence-corrected chi connectivity index (χ1v) is 9.78. The summed E-state index contributed by atoms with van der Waals surface area (Å²) in [7, 11) is 1.38. The van der Waals surface area contributed by atoms with E-state index in [4.69, 9.17) is 14.7 Å². The van der Waals surface area contributed by atoms with Crippen LogP contribution in [-0.4, -0.2) is 36.5 Å². The van der Waals surface area contributed by atoms with Gasteiger partial charge in [-0.15, -0.1) is 0 Å². The molecule has 0 aliphatic carbocycles. The first-order chi connectivity index (χ1) is 15.4. The van der Waals surface area contributed by atoms with E-state index in [-0.39, 0.29) is 11.5 Å². The summed E-state index contributed by atoms with van der Waals surface area (Å²) < 4.78 is 10.4. The summed E-state index contributed by atoms with van der Waals surface area (Å²) in [6.07, 6.45) is 0. The molecule has 0 saturated carbocycles. The van der Waals surface area contributed by atoms with Crippen molar-refractivity contribution in [1.82, 2.24) is 10.2 Å². The molecule has 3 aromatic rings. The van der Waals surface area contributed by atoms with Crippen molar-refractivity contribution in [2.45, 2.75) is 12.5 Å². The number of ether oxygens (including phenoxy) is 2. The quantitative estimate of drug-likeness (QED) is 0.379. The van der Waals surface area contributed by atoms with Gasteiger partial charge in [-0.2, -0.15) is 5.26 Å². The molecule has 1 atom stereocenters. The van der Waals surface area contributed by atoms with Crippen LogP contribution in [0.5, 0.6) is 11.5 Å². The van der Waals surface area contributed by atoms with Gasteiger partial charge in [0.25, 0.3) is 5.91 Å². The highest BCUT2D eigenvalue weighted by molar-refractivity contribution is 6.09. The molecule has 1 fully saturated rings. The number of nitriles is 1. The summed E-state index contributed by atoms with van der Waals surface area (Å²) in [6, 6.07) is 18.8. The molecular weight excluding hydrogens is 410 g/mol. The zero-order chi connectivity index (χ0) is 22.9. The predicted molar refractivity (Wildman–Crippen MR) is 115 cm³/mol. The number of urea groups is 1. The molecule has 1 aliphatic rings. The zero-order valence-corrected chi connectivity index (χ0v) is 17.4. The first-order valence-electron chi connectivity index (χ1n) is 9.78. The van der Waals surface area contributed by atoms with E-state index in [9.17, 15) is 14.4 Å². The standard InChI is InChI=1S/C24H19N3O5/c1-24(18-9-8-16-5-3-4-6-17(16)12-18)22(29)27(23(30)26-24)14-21(28)32-19-10-7-15(13-25)11-20(19)31-2/h3-12H,14H2,1-2H3,(H,26,30). The number of hydrogen-bond donors (Lipinski definition) is 1.